The second-order valence-electron chi connectivity index (χ2n) is 5.51. The van der Waals surface area contributed by atoms with Crippen molar-refractivity contribution >= 4 is 40.0 Å². The summed E-state index contributed by atoms with van der Waals surface area (Å²) in [5, 5.41) is 6.46. The van der Waals surface area contributed by atoms with Gasteiger partial charge in [-0.15, -0.1) is 5.10 Å². The van der Waals surface area contributed by atoms with Crippen LogP contribution in [0.3, 0.4) is 0 Å². The van der Waals surface area contributed by atoms with Gasteiger partial charge in [0.1, 0.15) is 5.75 Å². The van der Waals surface area contributed by atoms with E-state index >= 15 is 0 Å². The predicted octanol–water partition coefficient (Wildman–Crippen LogP) is 1.32. The second-order valence-corrected chi connectivity index (χ2v) is 6.26. The van der Waals surface area contributed by atoms with Crippen LogP contribution >= 0.6 is 11.5 Å². The maximum Gasteiger partial charge on any atom is 0.361 e. The summed E-state index contributed by atoms with van der Waals surface area (Å²) in [6.45, 7) is 0.213. The molecule has 10 heteroatoms. The van der Waals surface area contributed by atoms with Crippen LogP contribution < -0.4 is 15.0 Å². The van der Waals surface area contributed by atoms with Crippen molar-refractivity contribution in [1.82, 2.24) is 9.59 Å². The molecule has 1 unspecified atom stereocenters. The molecule has 0 saturated carbocycles. The topological polar surface area (TPSA) is 111 Å². The van der Waals surface area contributed by atoms with E-state index in [4.69, 9.17) is 4.74 Å². The minimum Gasteiger partial charge on any atom is -0.495 e. The van der Waals surface area contributed by atoms with Crippen LogP contribution in [-0.2, 0) is 14.3 Å². The number of hydrogen-bond acceptors (Lipinski definition) is 8. The molecule has 1 fully saturated rings. The lowest BCUT2D eigenvalue weighted by atomic mass is 10.1. The summed E-state index contributed by atoms with van der Waals surface area (Å²) in [6.07, 6.45) is 0.0592. The number of aromatic nitrogens is 2. The number of ether oxygens (including phenoxy) is 2. The van der Waals surface area contributed by atoms with Gasteiger partial charge in [0.15, 0.2) is 5.00 Å². The molecule has 0 radical (unpaired) electrons. The van der Waals surface area contributed by atoms with Crippen molar-refractivity contribution in [3.05, 3.63) is 30.0 Å². The van der Waals surface area contributed by atoms with Gasteiger partial charge in [0.05, 0.1) is 25.8 Å². The predicted molar refractivity (Wildman–Crippen MR) is 93.3 cm³/mol. The van der Waals surface area contributed by atoms with Crippen LogP contribution in [-0.4, -0.2) is 48.1 Å². The molecule has 1 aromatic heterocycles. The first-order valence-electron chi connectivity index (χ1n) is 7.70. The zero-order chi connectivity index (χ0) is 18.7. The molecule has 0 aliphatic carbocycles. The van der Waals surface area contributed by atoms with Gasteiger partial charge in [-0.3, -0.25) is 9.59 Å². The molecule has 1 aromatic carbocycles. The Kier molecular flexibility index (Phi) is 5.12. The number of nitrogens with zero attached hydrogens (tertiary/aromatic N) is 3. The second kappa shape index (κ2) is 7.48. The number of carbonyl (C=O) groups excluding carboxylic acids is 3. The molecule has 2 aromatic rings. The van der Waals surface area contributed by atoms with Gasteiger partial charge in [0.25, 0.3) is 0 Å². The van der Waals surface area contributed by atoms with Gasteiger partial charge in [-0.05, 0) is 12.1 Å². The fourth-order valence-corrected chi connectivity index (χ4v) is 3.25. The van der Waals surface area contributed by atoms with Crippen molar-refractivity contribution in [1.29, 1.82) is 0 Å². The first-order chi connectivity index (χ1) is 12.5. The molecule has 0 spiro atoms. The van der Waals surface area contributed by atoms with Crippen LogP contribution in [0.5, 0.6) is 5.75 Å². The first-order valence-corrected chi connectivity index (χ1v) is 8.47. The first kappa shape index (κ1) is 17.8. The van der Waals surface area contributed by atoms with Crippen molar-refractivity contribution in [2.45, 2.75) is 6.42 Å². The number of benzene rings is 1. The van der Waals surface area contributed by atoms with Crippen LogP contribution in [0.2, 0.25) is 0 Å². The molecular formula is C16H16N4O5S. The number of methoxy groups -OCH3 is 2. The van der Waals surface area contributed by atoms with Crippen LogP contribution in [0, 0.1) is 5.92 Å². The highest BCUT2D eigenvalue weighted by Crippen LogP contribution is 2.33. The lowest BCUT2D eigenvalue weighted by molar-refractivity contribution is -0.122. The van der Waals surface area contributed by atoms with E-state index in [0.29, 0.717) is 11.4 Å². The Balaban J connectivity index is 1.74. The van der Waals surface area contributed by atoms with Crippen molar-refractivity contribution in [3.8, 4) is 5.75 Å². The molecule has 3 rings (SSSR count). The molecule has 2 amide bonds. The highest BCUT2D eigenvalue weighted by atomic mass is 32.1. The van der Waals surface area contributed by atoms with Crippen molar-refractivity contribution in [3.63, 3.8) is 0 Å². The highest BCUT2D eigenvalue weighted by molar-refractivity contribution is 7.10. The van der Waals surface area contributed by atoms with E-state index in [9.17, 15) is 14.4 Å². The Bertz CT molecular complexity index is 853. The quantitative estimate of drug-likeness (QED) is 0.784. The summed E-state index contributed by atoms with van der Waals surface area (Å²) < 4.78 is 13.5. The third kappa shape index (κ3) is 3.36. The summed E-state index contributed by atoms with van der Waals surface area (Å²) in [5.74, 6) is -1.26. The van der Waals surface area contributed by atoms with Gasteiger partial charge in [0.2, 0.25) is 17.5 Å². The van der Waals surface area contributed by atoms with Crippen LogP contribution in [0.1, 0.15) is 16.9 Å². The fourth-order valence-electron chi connectivity index (χ4n) is 2.69. The summed E-state index contributed by atoms with van der Waals surface area (Å²) in [5.41, 5.74) is 0.557. The standard InChI is InChI=1S/C16H16N4O5S/c1-24-11-6-4-3-5-10(11)20-8-9(7-12(20)21)14(22)17-15-13(16(23)25-2)18-19-26-15/h3-6,9H,7-8H2,1-2H3,(H,17,22). The van der Waals surface area contributed by atoms with E-state index in [-0.39, 0.29) is 35.5 Å². The Labute approximate surface area is 153 Å². The highest BCUT2D eigenvalue weighted by Gasteiger charge is 2.37. The molecule has 2 heterocycles. The SMILES string of the molecule is COC(=O)c1nnsc1NC(=O)C1CC(=O)N(c2ccccc2OC)C1. The smallest absolute Gasteiger partial charge is 0.361 e. The third-order valence-electron chi connectivity index (χ3n) is 3.98. The van der Waals surface area contributed by atoms with Crippen LogP contribution in [0.25, 0.3) is 0 Å². The molecule has 1 aliphatic rings. The van der Waals surface area contributed by atoms with Crippen molar-refractivity contribution in [2.75, 3.05) is 31.0 Å². The van der Waals surface area contributed by atoms with E-state index in [1.165, 1.54) is 19.1 Å². The normalized spacial score (nSPS) is 16.5. The Morgan fingerprint density at radius 3 is 2.81 bits per heavy atom. The minimum absolute atomic E-state index is 0.0586. The molecule has 1 aliphatic heterocycles. The lowest BCUT2D eigenvalue weighted by Gasteiger charge is -2.19. The number of para-hydroxylation sites is 2. The average Bonchev–Trinajstić information content (AvgIpc) is 3.27. The zero-order valence-corrected chi connectivity index (χ0v) is 14.9. The van der Waals surface area contributed by atoms with E-state index < -0.39 is 11.9 Å². The molecule has 1 saturated heterocycles. The van der Waals surface area contributed by atoms with Crippen LogP contribution in [0.4, 0.5) is 10.7 Å². The number of anilines is 2. The molecular weight excluding hydrogens is 360 g/mol. The van der Waals surface area contributed by atoms with Crippen molar-refractivity contribution < 1.29 is 23.9 Å². The van der Waals surface area contributed by atoms with Crippen LogP contribution in [0.15, 0.2) is 24.3 Å². The van der Waals surface area contributed by atoms with Gasteiger partial charge >= 0.3 is 5.97 Å². The monoisotopic (exact) mass is 376 g/mol. The van der Waals surface area contributed by atoms with E-state index in [0.717, 1.165) is 11.5 Å². The van der Waals surface area contributed by atoms with E-state index in [1.807, 2.05) is 0 Å². The number of rotatable bonds is 5. The maximum atomic E-state index is 12.5. The maximum absolute atomic E-state index is 12.5. The molecule has 136 valence electrons. The van der Waals surface area contributed by atoms with Gasteiger partial charge in [-0.1, -0.05) is 16.6 Å². The number of amides is 2. The minimum atomic E-state index is -0.688. The van der Waals surface area contributed by atoms with Gasteiger partial charge in [-0.2, -0.15) is 0 Å². The van der Waals surface area contributed by atoms with E-state index in [2.05, 4.69) is 19.6 Å². The molecule has 1 atom stereocenters. The molecule has 9 nitrogen and oxygen atoms in total. The largest absolute Gasteiger partial charge is 0.495 e. The zero-order valence-electron chi connectivity index (χ0n) is 14.1. The number of carbonyl (C=O) groups is 3. The lowest BCUT2D eigenvalue weighted by Crippen LogP contribution is -2.28. The molecule has 1 N–H and O–H groups in total. The number of nitrogens with one attached hydrogen (secondary N) is 1. The summed E-state index contributed by atoms with van der Waals surface area (Å²) in [6, 6.07) is 7.11. The molecule has 26 heavy (non-hydrogen) atoms. The Morgan fingerprint density at radius 1 is 1.31 bits per heavy atom. The average molecular weight is 376 g/mol. The molecule has 0 bridgehead atoms. The van der Waals surface area contributed by atoms with Gasteiger partial charge < -0.3 is 19.7 Å². The van der Waals surface area contributed by atoms with Crippen molar-refractivity contribution in [2.24, 2.45) is 5.92 Å². The van der Waals surface area contributed by atoms with E-state index in [1.54, 1.807) is 24.3 Å². The van der Waals surface area contributed by atoms with Gasteiger partial charge in [-0.25, -0.2) is 4.79 Å². The summed E-state index contributed by atoms with van der Waals surface area (Å²) in [4.78, 5) is 38.0. The van der Waals surface area contributed by atoms with Gasteiger partial charge in [0, 0.05) is 24.5 Å². The third-order valence-corrected chi connectivity index (χ3v) is 4.62. The Morgan fingerprint density at radius 2 is 2.08 bits per heavy atom. The fraction of sp³-hybridized carbons (Fsp3) is 0.312. The number of hydrogen-bond donors (Lipinski definition) is 1. The summed E-state index contributed by atoms with van der Waals surface area (Å²) >= 11 is 0.872. The Hall–Kier alpha value is -3.01. The summed E-state index contributed by atoms with van der Waals surface area (Å²) in [7, 11) is 2.74. The number of esters is 1.